The van der Waals surface area contributed by atoms with E-state index in [0.717, 1.165) is 6.04 Å². The van der Waals surface area contributed by atoms with Gasteiger partial charge in [-0.1, -0.05) is 26.6 Å². The fraction of sp³-hybridized carbons (Fsp3) is 0.800. The van der Waals surface area contributed by atoms with Crippen LogP contribution in [-0.4, -0.2) is 37.9 Å². The van der Waals surface area contributed by atoms with Gasteiger partial charge in [0.15, 0.2) is 0 Å². The number of carboxylic acid groups (broad SMARTS) is 1. The summed E-state index contributed by atoms with van der Waals surface area (Å²) in [5.74, 6) is -1.04. The Morgan fingerprint density at radius 1 is 1.38 bits per heavy atom. The Kier molecular flexibility index (Phi) is 6.10. The van der Waals surface area contributed by atoms with Gasteiger partial charge >= 0.3 is 12.1 Å². The molecule has 0 aliphatic rings. The molecule has 0 radical (unpaired) electrons. The number of nitrogens with one attached hydrogen (secondary N) is 1. The molecule has 0 aromatic rings. The second-order valence-electron chi connectivity index (χ2n) is 4.89. The zero-order chi connectivity index (χ0) is 12.8. The van der Waals surface area contributed by atoms with Crippen LogP contribution in [0.4, 0.5) is 4.79 Å². The number of amides is 1. The number of carbonyl (C=O) groups is 2. The van der Waals surface area contributed by atoms with E-state index in [2.05, 4.69) is 25.0 Å². The number of alkyl carbamates (subject to hydrolysis) is 1. The van der Waals surface area contributed by atoms with Crippen LogP contribution in [0.3, 0.4) is 0 Å². The monoisotopic (exact) mass is 247 g/mol. The standard InChI is InChI=1S/C10H21NO4Si/c1-5-8(9(12)13)11-10(14)15-6-7-16(2,3)4/h8H,5-7H2,1-4H3,(H,11,14)(H,12,13). The van der Waals surface area contributed by atoms with Gasteiger partial charge in [0.2, 0.25) is 0 Å². The molecule has 0 aromatic heterocycles. The van der Waals surface area contributed by atoms with E-state index in [4.69, 9.17) is 9.84 Å². The maximum absolute atomic E-state index is 11.2. The highest BCUT2D eigenvalue weighted by molar-refractivity contribution is 6.76. The molecule has 94 valence electrons. The van der Waals surface area contributed by atoms with Crippen LogP contribution in [0.15, 0.2) is 0 Å². The van der Waals surface area contributed by atoms with Gasteiger partial charge in [-0.05, 0) is 12.5 Å². The van der Waals surface area contributed by atoms with Gasteiger partial charge in [-0.2, -0.15) is 0 Å². The van der Waals surface area contributed by atoms with Crippen molar-refractivity contribution in [3.05, 3.63) is 0 Å². The highest BCUT2D eigenvalue weighted by atomic mass is 28.3. The minimum absolute atomic E-state index is 0.346. The first-order chi connectivity index (χ1) is 7.26. The van der Waals surface area contributed by atoms with Crippen molar-refractivity contribution < 1.29 is 19.4 Å². The Labute approximate surface area is 97.2 Å². The van der Waals surface area contributed by atoms with E-state index in [-0.39, 0.29) is 0 Å². The first-order valence-electron chi connectivity index (χ1n) is 5.42. The summed E-state index contributed by atoms with van der Waals surface area (Å²) in [6.45, 7) is 8.60. The largest absolute Gasteiger partial charge is 0.480 e. The van der Waals surface area contributed by atoms with E-state index in [1.54, 1.807) is 6.92 Å². The molecule has 0 bridgehead atoms. The number of hydrogen-bond donors (Lipinski definition) is 2. The SMILES string of the molecule is CCC(NC(=O)OCC[Si](C)(C)C)C(=O)O. The quantitative estimate of drug-likeness (QED) is 0.703. The molecular formula is C10H21NO4Si. The lowest BCUT2D eigenvalue weighted by atomic mass is 10.2. The van der Waals surface area contributed by atoms with E-state index in [0.29, 0.717) is 13.0 Å². The summed E-state index contributed by atoms with van der Waals surface area (Å²) in [7, 11) is -1.22. The maximum Gasteiger partial charge on any atom is 0.407 e. The van der Waals surface area contributed by atoms with Crippen LogP contribution >= 0.6 is 0 Å². The van der Waals surface area contributed by atoms with Crippen molar-refractivity contribution in [3.63, 3.8) is 0 Å². The Hall–Kier alpha value is -1.04. The Balaban J connectivity index is 3.86. The number of aliphatic carboxylic acids is 1. The maximum atomic E-state index is 11.2. The van der Waals surface area contributed by atoms with Crippen LogP contribution in [0.5, 0.6) is 0 Å². The third-order valence-electron chi connectivity index (χ3n) is 2.08. The average Bonchev–Trinajstić information content (AvgIpc) is 2.11. The van der Waals surface area contributed by atoms with Crippen LogP contribution in [-0.2, 0) is 9.53 Å². The lowest BCUT2D eigenvalue weighted by Gasteiger charge is -2.16. The molecule has 0 heterocycles. The second-order valence-corrected chi connectivity index (χ2v) is 10.5. The zero-order valence-electron chi connectivity index (χ0n) is 10.4. The molecule has 0 aromatic carbocycles. The molecule has 1 unspecified atom stereocenters. The first kappa shape index (κ1) is 15.0. The van der Waals surface area contributed by atoms with Crippen LogP contribution in [0.1, 0.15) is 13.3 Å². The molecule has 5 nitrogen and oxygen atoms in total. The van der Waals surface area contributed by atoms with Crippen molar-refractivity contribution in [2.24, 2.45) is 0 Å². The zero-order valence-corrected chi connectivity index (χ0v) is 11.4. The molecule has 0 spiro atoms. The van der Waals surface area contributed by atoms with Crippen LogP contribution in [0.2, 0.25) is 25.7 Å². The van der Waals surface area contributed by atoms with Gasteiger partial charge in [-0.25, -0.2) is 9.59 Å². The fourth-order valence-corrected chi connectivity index (χ4v) is 1.69. The predicted molar refractivity (Wildman–Crippen MR) is 64.4 cm³/mol. The van der Waals surface area contributed by atoms with Crippen LogP contribution < -0.4 is 5.32 Å². The molecule has 1 atom stereocenters. The topological polar surface area (TPSA) is 75.6 Å². The summed E-state index contributed by atoms with van der Waals surface area (Å²) in [5, 5.41) is 11.0. The molecule has 0 aliphatic carbocycles. The van der Waals surface area contributed by atoms with Gasteiger partial charge in [-0.3, -0.25) is 0 Å². The van der Waals surface area contributed by atoms with E-state index in [1.807, 2.05) is 0 Å². The van der Waals surface area contributed by atoms with E-state index in [9.17, 15) is 9.59 Å². The van der Waals surface area contributed by atoms with E-state index < -0.39 is 26.2 Å². The highest BCUT2D eigenvalue weighted by Gasteiger charge is 2.19. The van der Waals surface area contributed by atoms with Gasteiger partial charge < -0.3 is 15.2 Å². The van der Waals surface area contributed by atoms with Gasteiger partial charge in [0.1, 0.15) is 6.04 Å². The van der Waals surface area contributed by atoms with Gasteiger partial charge in [0.05, 0.1) is 6.61 Å². The molecule has 16 heavy (non-hydrogen) atoms. The molecular weight excluding hydrogens is 226 g/mol. The van der Waals surface area contributed by atoms with Crippen LogP contribution in [0, 0.1) is 0 Å². The average molecular weight is 247 g/mol. The van der Waals surface area contributed by atoms with E-state index >= 15 is 0 Å². The molecule has 2 N–H and O–H groups in total. The summed E-state index contributed by atoms with van der Waals surface area (Å²) in [6, 6.07) is 0.0176. The van der Waals surface area contributed by atoms with Crippen molar-refractivity contribution in [1.82, 2.24) is 5.32 Å². The highest BCUT2D eigenvalue weighted by Crippen LogP contribution is 2.07. The van der Waals surface area contributed by atoms with Gasteiger partial charge in [0.25, 0.3) is 0 Å². The summed E-state index contributed by atoms with van der Waals surface area (Å²) < 4.78 is 4.92. The summed E-state index contributed by atoms with van der Waals surface area (Å²) in [4.78, 5) is 21.9. The Bertz CT molecular complexity index is 250. The van der Waals surface area contributed by atoms with Crippen molar-refractivity contribution >= 4 is 20.1 Å². The molecule has 0 saturated carbocycles. The van der Waals surface area contributed by atoms with Crippen molar-refractivity contribution in [3.8, 4) is 0 Å². The summed E-state index contributed by atoms with van der Waals surface area (Å²) >= 11 is 0. The number of ether oxygens (including phenoxy) is 1. The van der Waals surface area contributed by atoms with Crippen molar-refractivity contribution in [2.75, 3.05) is 6.61 Å². The number of hydrogen-bond acceptors (Lipinski definition) is 3. The minimum Gasteiger partial charge on any atom is -0.480 e. The van der Waals surface area contributed by atoms with Gasteiger partial charge in [-0.15, -0.1) is 0 Å². The third kappa shape index (κ3) is 7.28. The predicted octanol–water partition coefficient (Wildman–Crippen LogP) is 1.91. The van der Waals surface area contributed by atoms with Crippen molar-refractivity contribution in [2.45, 2.75) is 45.1 Å². The number of carboxylic acids is 1. The fourth-order valence-electron chi connectivity index (χ4n) is 0.972. The first-order valence-corrected chi connectivity index (χ1v) is 9.13. The van der Waals surface area contributed by atoms with Gasteiger partial charge in [0, 0.05) is 8.07 Å². The molecule has 6 heteroatoms. The third-order valence-corrected chi connectivity index (χ3v) is 3.79. The Morgan fingerprint density at radius 3 is 2.31 bits per heavy atom. The lowest BCUT2D eigenvalue weighted by Crippen LogP contribution is -2.40. The molecule has 0 rings (SSSR count). The summed E-state index contributed by atoms with van der Waals surface area (Å²) in [5.41, 5.74) is 0. The smallest absolute Gasteiger partial charge is 0.407 e. The van der Waals surface area contributed by atoms with Crippen molar-refractivity contribution in [1.29, 1.82) is 0 Å². The lowest BCUT2D eigenvalue weighted by molar-refractivity contribution is -0.139. The number of rotatable bonds is 6. The minimum atomic E-state index is -1.22. The summed E-state index contributed by atoms with van der Waals surface area (Å²) in [6.07, 6.45) is -0.300. The molecule has 1 amide bonds. The Morgan fingerprint density at radius 2 is 1.94 bits per heavy atom. The van der Waals surface area contributed by atoms with Crippen LogP contribution in [0.25, 0.3) is 0 Å². The molecule has 0 aliphatic heterocycles. The molecule has 0 fully saturated rings. The second kappa shape index (κ2) is 6.52. The van der Waals surface area contributed by atoms with E-state index in [1.165, 1.54) is 0 Å². The normalized spacial score (nSPS) is 13.0. The number of carbonyl (C=O) groups excluding carboxylic acids is 1. The molecule has 0 saturated heterocycles.